The highest BCUT2D eigenvalue weighted by molar-refractivity contribution is 7.17. The summed E-state index contributed by atoms with van der Waals surface area (Å²) in [6.45, 7) is 5.76. The average Bonchev–Trinajstić information content (AvgIpc) is 3.13. The van der Waals surface area contributed by atoms with Crippen LogP contribution in [0.1, 0.15) is 38.2 Å². The van der Waals surface area contributed by atoms with Gasteiger partial charge in [-0.05, 0) is 39.0 Å². The smallest absolute Gasteiger partial charge is 0.350 e. The Morgan fingerprint density at radius 1 is 1.03 bits per heavy atom. The van der Waals surface area contributed by atoms with Crippen molar-refractivity contribution < 1.29 is 14.3 Å². The lowest BCUT2D eigenvalue weighted by Crippen LogP contribution is -2.13. The molecule has 1 N–H and O–H groups in total. The van der Waals surface area contributed by atoms with Gasteiger partial charge in [0, 0.05) is 10.9 Å². The molecular formula is C24H21N3O3S. The number of nitrogens with zero attached hydrogens (tertiary/aromatic N) is 2. The maximum Gasteiger partial charge on any atom is 0.350 e. The van der Waals surface area contributed by atoms with Crippen molar-refractivity contribution in [1.82, 2.24) is 9.97 Å². The number of esters is 1. The lowest BCUT2D eigenvalue weighted by Gasteiger charge is -2.10. The number of fused-ring (bicyclic) bond motifs is 1. The van der Waals surface area contributed by atoms with E-state index in [0.717, 1.165) is 39.1 Å². The summed E-state index contributed by atoms with van der Waals surface area (Å²) in [4.78, 5) is 34.7. The van der Waals surface area contributed by atoms with Crippen molar-refractivity contribution in [3.05, 3.63) is 76.3 Å². The van der Waals surface area contributed by atoms with E-state index in [4.69, 9.17) is 9.72 Å². The molecule has 156 valence electrons. The summed E-state index contributed by atoms with van der Waals surface area (Å²) in [5, 5.41) is 3.93. The summed E-state index contributed by atoms with van der Waals surface area (Å²) in [5.74, 6) is -0.745. The van der Waals surface area contributed by atoms with Gasteiger partial charge >= 0.3 is 5.97 Å². The molecule has 0 spiro atoms. The van der Waals surface area contributed by atoms with E-state index >= 15 is 0 Å². The molecule has 7 heteroatoms. The van der Waals surface area contributed by atoms with Gasteiger partial charge in [0.1, 0.15) is 4.88 Å². The molecule has 0 saturated heterocycles. The van der Waals surface area contributed by atoms with Crippen LogP contribution in [0.4, 0.5) is 5.13 Å². The molecule has 0 aliphatic heterocycles. The average molecular weight is 432 g/mol. The number of benzene rings is 2. The van der Waals surface area contributed by atoms with Crippen LogP contribution < -0.4 is 5.32 Å². The van der Waals surface area contributed by atoms with Crippen molar-refractivity contribution in [1.29, 1.82) is 0 Å². The Bertz CT molecular complexity index is 1300. The Morgan fingerprint density at radius 2 is 1.84 bits per heavy atom. The van der Waals surface area contributed by atoms with E-state index < -0.39 is 5.97 Å². The highest BCUT2D eigenvalue weighted by Crippen LogP contribution is 2.28. The summed E-state index contributed by atoms with van der Waals surface area (Å²) >= 11 is 1.11. The molecule has 2 aromatic carbocycles. The number of aryl methyl sites for hydroxylation is 2. The van der Waals surface area contributed by atoms with Crippen LogP contribution in [0.3, 0.4) is 0 Å². The third-order valence-electron chi connectivity index (χ3n) is 4.75. The minimum absolute atomic E-state index is 0.280. The summed E-state index contributed by atoms with van der Waals surface area (Å²) in [7, 11) is 0. The van der Waals surface area contributed by atoms with Gasteiger partial charge in [-0.15, -0.1) is 0 Å². The molecule has 0 aliphatic rings. The summed E-state index contributed by atoms with van der Waals surface area (Å²) in [6, 6.07) is 17.3. The number of anilines is 1. The second-order valence-electron chi connectivity index (χ2n) is 7.05. The standard InChI is InChI=1S/C24H21N3O3S/c1-4-30-23(29)21-15(3)25-24(31-21)27-22(28)18-13-20(16-9-7-8-14(2)12-16)26-19-11-6-5-10-17(18)19/h5-13H,4H2,1-3H3,(H,25,27,28). The number of hydrogen-bond acceptors (Lipinski definition) is 6. The van der Waals surface area contributed by atoms with Crippen LogP contribution in [0, 0.1) is 13.8 Å². The van der Waals surface area contributed by atoms with E-state index in [9.17, 15) is 9.59 Å². The number of thiazole rings is 1. The van der Waals surface area contributed by atoms with Gasteiger partial charge in [0.15, 0.2) is 5.13 Å². The Labute approximate surface area is 183 Å². The zero-order chi connectivity index (χ0) is 22.0. The van der Waals surface area contributed by atoms with Crippen LogP contribution in [0.2, 0.25) is 0 Å². The maximum atomic E-state index is 13.2. The van der Waals surface area contributed by atoms with Crippen molar-refractivity contribution >= 4 is 39.2 Å². The number of pyridine rings is 1. The number of nitrogens with one attached hydrogen (secondary N) is 1. The molecule has 0 bridgehead atoms. The first-order valence-corrected chi connectivity index (χ1v) is 10.7. The van der Waals surface area contributed by atoms with E-state index in [1.54, 1.807) is 19.9 Å². The number of para-hydroxylation sites is 1. The van der Waals surface area contributed by atoms with Gasteiger partial charge in [-0.2, -0.15) is 0 Å². The Morgan fingerprint density at radius 3 is 2.61 bits per heavy atom. The number of aromatic nitrogens is 2. The largest absolute Gasteiger partial charge is 0.462 e. The summed E-state index contributed by atoms with van der Waals surface area (Å²) in [6.07, 6.45) is 0. The normalized spacial score (nSPS) is 10.8. The fourth-order valence-corrected chi connectivity index (χ4v) is 4.17. The zero-order valence-corrected chi connectivity index (χ0v) is 18.2. The predicted molar refractivity (Wildman–Crippen MR) is 123 cm³/mol. The second kappa shape index (κ2) is 8.65. The van der Waals surface area contributed by atoms with Gasteiger partial charge in [0.05, 0.1) is 29.1 Å². The molecule has 4 aromatic rings. The lowest BCUT2D eigenvalue weighted by molar-refractivity contribution is 0.0531. The number of rotatable bonds is 5. The number of carbonyl (C=O) groups is 2. The molecule has 0 fully saturated rings. The van der Waals surface area contributed by atoms with Crippen LogP contribution in [0.5, 0.6) is 0 Å². The quantitative estimate of drug-likeness (QED) is 0.428. The number of amides is 1. The van der Waals surface area contributed by atoms with Crippen LogP contribution >= 0.6 is 11.3 Å². The van der Waals surface area contributed by atoms with Gasteiger partial charge < -0.3 is 4.74 Å². The molecule has 0 unspecified atom stereocenters. The molecule has 0 saturated carbocycles. The molecule has 0 atom stereocenters. The third kappa shape index (κ3) is 4.32. The highest BCUT2D eigenvalue weighted by Gasteiger charge is 2.20. The second-order valence-corrected chi connectivity index (χ2v) is 8.05. The van der Waals surface area contributed by atoms with Gasteiger partial charge in [0.2, 0.25) is 0 Å². The van der Waals surface area contributed by atoms with Crippen LogP contribution in [-0.2, 0) is 4.74 Å². The fourth-order valence-electron chi connectivity index (χ4n) is 3.32. The van der Waals surface area contributed by atoms with E-state index in [1.807, 2.05) is 55.5 Å². The first kappa shape index (κ1) is 20.7. The van der Waals surface area contributed by atoms with Crippen molar-refractivity contribution in [3.63, 3.8) is 0 Å². The molecule has 1 amide bonds. The molecule has 2 heterocycles. The molecule has 0 radical (unpaired) electrons. The number of hydrogen-bond donors (Lipinski definition) is 1. The fraction of sp³-hybridized carbons (Fsp3) is 0.167. The van der Waals surface area contributed by atoms with Crippen LogP contribution in [0.15, 0.2) is 54.6 Å². The summed E-state index contributed by atoms with van der Waals surface area (Å²) in [5.41, 5.74) is 4.52. The minimum atomic E-state index is -0.436. The van der Waals surface area contributed by atoms with Gasteiger partial charge in [-0.1, -0.05) is 53.3 Å². The molecule has 0 aliphatic carbocycles. The molecule has 4 rings (SSSR count). The first-order chi connectivity index (χ1) is 15.0. The molecular weight excluding hydrogens is 410 g/mol. The maximum absolute atomic E-state index is 13.2. The van der Waals surface area contributed by atoms with E-state index in [-0.39, 0.29) is 12.5 Å². The molecule has 2 aromatic heterocycles. The van der Waals surface area contributed by atoms with Crippen molar-refractivity contribution in [2.45, 2.75) is 20.8 Å². The van der Waals surface area contributed by atoms with E-state index in [0.29, 0.717) is 21.3 Å². The SMILES string of the molecule is CCOC(=O)c1sc(NC(=O)c2cc(-c3cccc(C)c3)nc3ccccc23)nc1C. The first-order valence-electron chi connectivity index (χ1n) is 9.89. The zero-order valence-electron chi connectivity index (χ0n) is 17.4. The Hall–Kier alpha value is -3.58. The molecule has 31 heavy (non-hydrogen) atoms. The van der Waals surface area contributed by atoms with Crippen molar-refractivity contribution in [2.24, 2.45) is 0 Å². The van der Waals surface area contributed by atoms with Crippen LogP contribution in [-0.4, -0.2) is 28.5 Å². The summed E-state index contributed by atoms with van der Waals surface area (Å²) < 4.78 is 5.05. The van der Waals surface area contributed by atoms with Gasteiger partial charge in [-0.3, -0.25) is 10.1 Å². The minimum Gasteiger partial charge on any atom is -0.462 e. The highest BCUT2D eigenvalue weighted by atomic mass is 32.1. The topological polar surface area (TPSA) is 81.2 Å². The van der Waals surface area contributed by atoms with Crippen molar-refractivity contribution in [2.75, 3.05) is 11.9 Å². The monoisotopic (exact) mass is 431 g/mol. The Kier molecular flexibility index (Phi) is 5.77. The van der Waals surface area contributed by atoms with Crippen molar-refractivity contribution in [3.8, 4) is 11.3 Å². The van der Waals surface area contributed by atoms with Gasteiger partial charge in [0.25, 0.3) is 5.91 Å². The van der Waals surface area contributed by atoms with Crippen LogP contribution in [0.25, 0.3) is 22.2 Å². The number of ether oxygens (including phenoxy) is 1. The molecule has 6 nitrogen and oxygen atoms in total. The Balaban J connectivity index is 1.73. The lowest BCUT2D eigenvalue weighted by atomic mass is 10.0. The third-order valence-corrected chi connectivity index (χ3v) is 5.81. The van der Waals surface area contributed by atoms with E-state index in [2.05, 4.69) is 10.3 Å². The van der Waals surface area contributed by atoms with E-state index in [1.165, 1.54) is 0 Å². The predicted octanol–water partition coefficient (Wildman–Crippen LogP) is 5.40. The number of carbonyl (C=O) groups excluding carboxylic acids is 2. The van der Waals surface area contributed by atoms with Gasteiger partial charge in [-0.25, -0.2) is 14.8 Å².